The third-order valence-electron chi connectivity index (χ3n) is 3.78. The van der Waals surface area contributed by atoms with Crippen LogP contribution in [0.1, 0.15) is 6.23 Å². The van der Waals surface area contributed by atoms with E-state index in [0.717, 1.165) is 10.9 Å². The Morgan fingerprint density at radius 2 is 2.10 bits per heavy atom. The summed E-state index contributed by atoms with van der Waals surface area (Å²) in [7, 11) is -13.7. The van der Waals surface area contributed by atoms with Gasteiger partial charge in [0.25, 0.3) is 5.56 Å². The second-order valence-corrected chi connectivity index (χ2v) is 11.1. The zero-order chi connectivity index (χ0) is 23.1. The number of nitrogen functional groups attached to an aromatic ring is 1. The lowest BCUT2D eigenvalue weighted by molar-refractivity contribution is -0.0457. The molecule has 0 aromatic carbocycles. The lowest BCUT2D eigenvalue weighted by Crippen LogP contribution is -2.29. The van der Waals surface area contributed by atoms with Gasteiger partial charge in [-0.05, 0) is 11.8 Å². The van der Waals surface area contributed by atoms with Crippen LogP contribution in [0, 0.1) is 0 Å². The second kappa shape index (κ2) is 9.02. The van der Waals surface area contributed by atoms with Crippen LogP contribution in [0.25, 0.3) is 11.2 Å². The first-order chi connectivity index (χ1) is 14.3. The molecule has 0 bridgehead atoms. The highest BCUT2D eigenvalue weighted by Crippen LogP contribution is 2.62. The van der Waals surface area contributed by atoms with Gasteiger partial charge in [0.1, 0.15) is 12.2 Å². The number of ether oxygens (including phenoxy) is 1. The maximum absolute atomic E-state index is 14.5. The molecular weight excluding hydrogens is 510 g/mol. The van der Waals surface area contributed by atoms with E-state index in [4.69, 9.17) is 24.8 Å². The smallest absolute Gasteiger partial charge is 0.385 e. The normalized spacial score (nSPS) is 27.4. The quantitative estimate of drug-likeness (QED) is 0.228. The van der Waals surface area contributed by atoms with Crippen LogP contribution in [0.15, 0.2) is 11.1 Å². The van der Waals surface area contributed by atoms with Crippen molar-refractivity contribution in [3.8, 4) is 0 Å². The second-order valence-electron chi connectivity index (χ2n) is 5.97. The number of imidazole rings is 1. The van der Waals surface area contributed by atoms with Gasteiger partial charge in [-0.1, -0.05) is 0 Å². The van der Waals surface area contributed by atoms with Gasteiger partial charge in [0, 0.05) is 0 Å². The summed E-state index contributed by atoms with van der Waals surface area (Å²) in [5.74, 6) is -0.245. The highest BCUT2D eigenvalue weighted by atomic mass is 32.4. The number of anilines is 1. The summed E-state index contributed by atoms with van der Waals surface area (Å²) in [6.07, 6.45) is -5.52. The number of aliphatic hydroxyl groups excluding tert-OH is 1. The van der Waals surface area contributed by atoms with Crippen LogP contribution in [0.4, 0.5) is 10.3 Å². The van der Waals surface area contributed by atoms with Gasteiger partial charge in [0.05, 0.1) is 12.9 Å². The molecule has 1 fully saturated rings. The van der Waals surface area contributed by atoms with Gasteiger partial charge >= 0.3 is 15.6 Å². The van der Waals surface area contributed by atoms with E-state index < -0.39 is 59.6 Å². The maximum atomic E-state index is 14.5. The number of nitrogens with one attached hydrogen (secondary N) is 1. The van der Waals surface area contributed by atoms with Gasteiger partial charge in [-0.2, -0.15) is 9.29 Å². The number of aromatic amines is 1. The summed E-state index contributed by atoms with van der Waals surface area (Å²) in [6.45, 7) is -0.661. The van der Waals surface area contributed by atoms with Crippen LogP contribution >= 0.6 is 22.8 Å². The molecule has 21 heteroatoms. The molecule has 0 amide bonds. The first kappa shape index (κ1) is 24.5. The number of halogens is 1. The lowest BCUT2D eigenvalue weighted by atomic mass is 10.1. The first-order valence-corrected chi connectivity index (χ1v) is 13.4. The number of phosphoric acid groups is 2. The Morgan fingerprint density at radius 1 is 1.42 bits per heavy atom. The maximum Gasteiger partial charge on any atom is 0.486 e. The van der Waals surface area contributed by atoms with Crippen LogP contribution < -0.4 is 11.3 Å². The number of hydrogen-bond acceptors (Lipinski definition) is 12. The number of nitrogens with two attached hydrogens (primary N) is 1. The molecule has 3 rings (SSSR count). The average Bonchev–Trinajstić information content (AvgIpc) is 3.13. The van der Waals surface area contributed by atoms with Crippen LogP contribution in [0.3, 0.4) is 0 Å². The van der Waals surface area contributed by atoms with Crippen molar-refractivity contribution < 1.29 is 51.2 Å². The molecule has 0 spiro atoms. The Bertz CT molecular complexity index is 1150. The van der Waals surface area contributed by atoms with Crippen molar-refractivity contribution in [2.24, 2.45) is 0 Å². The molecule has 3 heterocycles. The third-order valence-corrected chi connectivity index (χ3v) is 8.40. The van der Waals surface area contributed by atoms with Crippen molar-refractivity contribution in [3.63, 3.8) is 0 Å². The fraction of sp³-hybridized carbons (Fsp3) is 0.500. The summed E-state index contributed by atoms with van der Waals surface area (Å²) in [6, 6.07) is 0. The van der Waals surface area contributed by atoms with Gasteiger partial charge in [-0.25, -0.2) is 22.8 Å². The summed E-state index contributed by atoms with van der Waals surface area (Å²) in [5.41, 5.74) is 4.61. The average molecular weight is 525 g/mol. The molecule has 2 unspecified atom stereocenters. The van der Waals surface area contributed by atoms with Crippen molar-refractivity contribution in [2.45, 2.75) is 24.6 Å². The molecular formula is C10H15FN5O11P3S. The van der Waals surface area contributed by atoms with Crippen LogP contribution in [0.2, 0.25) is 0 Å². The Labute approximate surface area is 176 Å². The van der Waals surface area contributed by atoms with Gasteiger partial charge in [-0.3, -0.25) is 14.3 Å². The van der Waals surface area contributed by atoms with Crippen LogP contribution in [-0.2, 0) is 38.8 Å². The lowest BCUT2D eigenvalue weighted by Gasteiger charge is -2.17. The van der Waals surface area contributed by atoms with E-state index in [-0.39, 0.29) is 17.1 Å². The van der Waals surface area contributed by atoms with Gasteiger partial charge in [-0.15, -0.1) is 0 Å². The van der Waals surface area contributed by atoms with E-state index in [1.165, 1.54) is 0 Å². The SMILES string of the molecule is Nc1nc2c(ncn2[C@@H]2O[C@H](CO[PH](=S)OP(=O)(O)OP(=O)(O)O)[C@H](F)[C@@H]2O)c(=O)[nH]1. The fourth-order valence-corrected chi connectivity index (χ4v) is 6.45. The topological polar surface area (TPSA) is 242 Å². The number of rotatable bonds is 8. The minimum Gasteiger partial charge on any atom is -0.385 e. The van der Waals surface area contributed by atoms with Gasteiger partial charge in [0.15, 0.2) is 30.7 Å². The van der Waals surface area contributed by atoms with Crippen LogP contribution in [0.5, 0.6) is 0 Å². The van der Waals surface area contributed by atoms with Gasteiger partial charge in [0.2, 0.25) is 5.95 Å². The van der Waals surface area contributed by atoms with E-state index in [1.807, 2.05) is 0 Å². The zero-order valence-corrected chi connectivity index (χ0v) is 18.4. The fourth-order valence-electron chi connectivity index (χ4n) is 2.62. The first-order valence-electron chi connectivity index (χ1n) is 7.93. The highest BCUT2D eigenvalue weighted by Gasteiger charge is 2.46. The molecule has 16 nitrogen and oxygen atoms in total. The Morgan fingerprint density at radius 3 is 2.74 bits per heavy atom. The number of aliphatic hydroxyl groups is 1. The highest BCUT2D eigenvalue weighted by molar-refractivity contribution is 8.02. The minimum atomic E-state index is -5.35. The van der Waals surface area contributed by atoms with E-state index in [2.05, 4.69) is 35.4 Å². The number of hydrogen-bond donors (Lipinski definition) is 6. The van der Waals surface area contributed by atoms with Crippen molar-refractivity contribution in [3.05, 3.63) is 16.7 Å². The number of alkyl halides is 1. The molecule has 0 aliphatic carbocycles. The molecule has 6 atom stereocenters. The van der Waals surface area contributed by atoms with E-state index >= 15 is 0 Å². The van der Waals surface area contributed by atoms with Crippen molar-refractivity contribution >= 4 is 51.7 Å². The minimum absolute atomic E-state index is 0.0776. The molecule has 0 radical (unpaired) electrons. The predicted molar refractivity (Wildman–Crippen MR) is 103 cm³/mol. The van der Waals surface area contributed by atoms with E-state index in [1.54, 1.807) is 0 Å². The van der Waals surface area contributed by atoms with Crippen molar-refractivity contribution in [1.82, 2.24) is 19.5 Å². The van der Waals surface area contributed by atoms with E-state index in [9.17, 15) is 28.3 Å². The molecule has 1 aliphatic heterocycles. The third kappa shape index (κ3) is 5.82. The Kier molecular flexibility index (Phi) is 7.13. The van der Waals surface area contributed by atoms with Gasteiger partial charge < -0.3 is 34.8 Å². The predicted octanol–water partition coefficient (Wildman–Crippen LogP) is -0.953. The summed E-state index contributed by atoms with van der Waals surface area (Å²) in [4.78, 5) is 48.1. The van der Waals surface area contributed by atoms with Crippen molar-refractivity contribution in [1.29, 1.82) is 0 Å². The molecule has 2 aromatic rings. The summed E-state index contributed by atoms with van der Waals surface area (Å²) < 4.78 is 55.8. The summed E-state index contributed by atoms with van der Waals surface area (Å²) in [5, 5.41) is 10.2. The monoisotopic (exact) mass is 525 g/mol. The number of aromatic nitrogens is 4. The van der Waals surface area contributed by atoms with Crippen LogP contribution in [-0.4, -0.2) is 64.3 Å². The molecule has 2 aromatic heterocycles. The van der Waals surface area contributed by atoms with E-state index in [0.29, 0.717) is 0 Å². The standard InChI is InChI=1S/C10H15FN5O11P3S/c11-4-3(1-24-28(31)26-30(22,23)27-29(19,20)21)25-9(6(4)17)16-2-13-5-7(16)14-10(12)15-8(5)18/h2-4,6,9,17,28H,1H2,(H,22,23)(H2,19,20,21)(H3,12,14,15,18)/t3-,4+,6+,9-/m1/s1. The largest absolute Gasteiger partial charge is 0.486 e. The number of nitrogens with zero attached hydrogens (tertiary/aromatic N) is 3. The molecule has 7 N–H and O–H groups in total. The Hall–Kier alpha value is -1.13. The molecule has 31 heavy (non-hydrogen) atoms. The number of H-pyrrole nitrogens is 1. The summed E-state index contributed by atoms with van der Waals surface area (Å²) >= 11 is 4.65. The molecule has 174 valence electrons. The zero-order valence-electron chi connectivity index (χ0n) is 14.8. The molecule has 0 saturated carbocycles. The van der Waals surface area contributed by atoms with Crippen molar-refractivity contribution in [2.75, 3.05) is 12.3 Å². The Balaban J connectivity index is 1.68. The number of fused-ring (bicyclic) bond motifs is 1. The molecule has 1 saturated heterocycles. The molecule has 1 aliphatic rings.